The third-order valence-corrected chi connectivity index (χ3v) is 18.7. The number of hydrogen-bond acceptors (Lipinski definition) is 0. The van der Waals surface area contributed by atoms with Gasteiger partial charge >= 0.3 is 199 Å². The number of rotatable bonds is 3. The van der Waals surface area contributed by atoms with Crippen LogP contribution in [0.1, 0.15) is 57.1 Å². The molecule has 3 aliphatic rings. The maximum absolute atomic E-state index is 2.68. The van der Waals surface area contributed by atoms with Crippen LogP contribution in [0.25, 0.3) is 11.1 Å². The molecule has 0 bridgehead atoms. The Bertz CT molecular complexity index is 1140. The van der Waals surface area contributed by atoms with E-state index < -0.39 is 29.3 Å². The topological polar surface area (TPSA) is 0 Å². The van der Waals surface area contributed by atoms with E-state index in [1.54, 1.807) is 19.6 Å². The molecule has 0 heterocycles. The Kier molecular flexibility index (Phi) is 8.70. The van der Waals surface area contributed by atoms with Gasteiger partial charge in [0.1, 0.15) is 0 Å². The zero-order valence-corrected chi connectivity index (χ0v) is 25.7. The van der Waals surface area contributed by atoms with Crippen molar-refractivity contribution in [1.29, 1.82) is 0 Å². The Morgan fingerprint density at radius 2 is 1.52 bits per heavy atom. The van der Waals surface area contributed by atoms with Crippen LogP contribution >= 0.6 is 0 Å². The summed E-state index contributed by atoms with van der Waals surface area (Å²) in [6.45, 7) is 12.6. The molecule has 2 aromatic carbocycles. The van der Waals surface area contributed by atoms with Crippen molar-refractivity contribution >= 4 is 14.6 Å². The van der Waals surface area contributed by atoms with E-state index in [-0.39, 0.29) is 24.8 Å². The Labute approximate surface area is 222 Å². The van der Waals surface area contributed by atoms with Gasteiger partial charge in [0.15, 0.2) is 0 Å². The van der Waals surface area contributed by atoms with E-state index in [0.29, 0.717) is 5.92 Å². The first-order valence-corrected chi connectivity index (χ1v) is 19.4. The number of hydrogen-bond donors (Lipinski definition) is 0. The molecule has 0 aliphatic heterocycles. The Hall–Kier alpha value is -0.530. The minimum absolute atomic E-state index is 0. The Balaban J connectivity index is 0.00000153. The van der Waals surface area contributed by atoms with Crippen LogP contribution in [0, 0.1) is 5.92 Å². The molecule has 1 fully saturated rings. The van der Waals surface area contributed by atoms with Gasteiger partial charge < -0.3 is 24.8 Å². The maximum Gasteiger partial charge on any atom is -1.00 e. The normalized spacial score (nSPS) is 19.1. The predicted molar refractivity (Wildman–Crippen MR) is 136 cm³/mol. The van der Waals surface area contributed by atoms with Crippen molar-refractivity contribution < 1.29 is 46.1 Å². The van der Waals surface area contributed by atoms with Crippen molar-refractivity contribution in [2.45, 2.75) is 72.0 Å². The first-order valence-electron chi connectivity index (χ1n) is 12.2. The average molecular weight is 575 g/mol. The SMILES string of the molecule is CC1=[C]([Zr+2](=[C]2CCCCC2)[c]2cccc3c2Cc2ccccc2-3)C(C)C=C1[Si](C)(C)C.[Cl-].[Cl-]. The summed E-state index contributed by atoms with van der Waals surface area (Å²) in [6, 6.07) is 16.5. The molecular weight excluding hydrogens is 539 g/mol. The van der Waals surface area contributed by atoms with Gasteiger partial charge in [0.25, 0.3) is 0 Å². The molecule has 3 aliphatic carbocycles. The third kappa shape index (κ3) is 4.93. The number of halogens is 2. The number of fused-ring (bicyclic) bond motifs is 3. The van der Waals surface area contributed by atoms with Crippen LogP contribution in [0.2, 0.25) is 19.6 Å². The monoisotopic (exact) mass is 572 g/mol. The van der Waals surface area contributed by atoms with Crippen molar-refractivity contribution in [3.05, 3.63) is 73.7 Å². The number of benzene rings is 2. The second-order valence-electron chi connectivity index (χ2n) is 10.9. The van der Waals surface area contributed by atoms with Gasteiger partial charge in [-0.25, -0.2) is 0 Å². The third-order valence-electron chi connectivity index (χ3n) is 7.69. The average Bonchev–Trinajstić information content (AvgIpc) is 3.28. The van der Waals surface area contributed by atoms with Crippen LogP contribution in [0.5, 0.6) is 0 Å². The molecule has 0 spiro atoms. The first-order chi connectivity index (χ1) is 14.9. The van der Waals surface area contributed by atoms with Crippen LogP contribution in [0.15, 0.2) is 62.6 Å². The van der Waals surface area contributed by atoms with Gasteiger partial charge in [0.2, 0.25) is 0 Å². The van der Waals surface area contributed by atoms with Gasteiger partial charge in [-0.05, 0) is 0 Å². The second kappa shape index (κ2) is 10.6. The molecule has 0 nitrogen and oxygen atoms in total. The van der Waals surface area contributed by atoms with Gasteiger partial charge in [-0.1, -0.05) is 0 Å². The van der Waals surface area contributed by atoms with Gasteiger partial charge in [-0.3, -0.25) is 0 Å². The zero-order chi connectivity index (χ0) is 21.8. The summed E-state index contributed by atoms with van der Waals surface area (Å²) in [6.07, 6.45) is 10.9. The summed E-state index contributed by atoms with van der Waals surface area (Å²) in [5.74, 6) is 0.644. The van der Waals surface area contributed by atoms with Gasteiger partial charge in [0.05, 0.1) is 0 Å². The molecule has 174 valence electrons. The minimum atomic E-state index is -2.14. The summed E-state index contributed by atoms with van der Waals surface area (Å²) in [5.41, 5.74) is 7.96. The fraction of sp³-hybridized carbons (Fsp3) is 0.414. The molecule has 5 rings (SSSR count). The summed E-state index contributed by atoms with van der Waals surface area (Å²) in [7, 11) is -1.31. The molecule has 0 saturated heterocycles. The first kappa shape index (κ1) is 27.1. The minimum Gasteiger partial charge on any atom is -1.00 e. The standard InChI is InChI=1S/C13H9.C10H17Si.C6H10.2ClH.Zr/c1-3-7-12-10(5-1)9-11-6-2-4-8-13(11)12;1-8-6-9(2)10(7-8)11(3,4)5;1-2-4-6-5-3-1;;;/h1-5,7-8H,9H2;7-8H,1-5H3;1-5H2;2*1H;/q;;;;;+2/p-2. The van der Waals surface area contributed by atoms with Crippen LogP contribution in [0.3, 0.4) is 0 Å². The molecule has 2 aromatic rings. The van der Waals surface area contributed by atoms with E-state index in [2.05, 4.69) is 82.0 Å². The fourth-order valence-corrected chi connectivity index (χ4v) is 17.8. The van der Waals surface area contributed by atoms with E-state index in [0.717, 1.165) is 6.42 Å². The van der Waals surface area contributed by atoms with Crippen LogP contribution < -0.4 is 28.1 Å². The molecule has 33 heavy (non-hydrogen) atoms. The molecular formula is C29H36Cl2SiZr. The van der Waals surface area contributed by atoms with Crippen LogP contribution in [0.4, 0.5) is 0 Å². The van der Waals surface area contributed by atoms with Crippen molar-refractivity contribution in [3.8, 4) is 11.1 Å². The van der Waals surface area contributed by atoms with E-state index in [4.69, 9.17) is 0 Å². The Morgan fingerprint density at radius 3 is 2.18 bits per heavy atom. The quantitative estimate of drug-likeness (QED) is 0.415. The molecule has 0 amide bonds. The van der Waals surface area contributed by atoms with Crippen molar-refractivity contribution in [3.63, 3.8) is 0 Å². The fourth-order valence-electron chi connectivity index (χ4n) is 6.32. The summed E-state index contributed by atoms with van der Waals surface area (Å²) < 4.78 is 5.73. The summed E-state index contributed by atoms with van der Waals surface area (Å²) >= 11 is -2.14. The summed E-state index contributed by atoms with van der Waals surface area (Å²) in [5, 5.41) is 1.75. The summed E-state index contributed by atoms with van der Waals surface area (Å²) in [4.78, 5) is 0. The zero-order valence-electron chi connectivity index (χ0n) is 20.7. The molecule has 4 heteroatoms. The molecule has 0 aromatic heterocycles. The number of allylic oxidation sites excluding steroid dienone is 4. The molecule has 1 atom stereocenters. The van der Waals surface area contributed by atoms with Crippen molar-refractivity contribution in [2.75, 3.05) is 0 Å². The molecule has 1 saturated carbocycles. The molecule has 0 radical (unpaired) electrons. The van der Waals surface area contributed by atoms with E-state index >= 15 is 0 Å². The van der Waals surface area contributed by atoms with Gasteiger partial charge in [-0.15, -0.1) is 0 Å². The van der Waals surface area contributed by atoms with Gasteiger partial charge in [-0.2, -0.15) is 0 Å². The van der Waals surface area contributed by atoms with E-state index in [1.165, 1.54) is 48.8 Å². The smallest absolute Gasteiger partial charge is 1.00 e. The van der Waals surface area contributed by atoms with Gasteiger partial charge in [0, 0.05) is 0 Å². The maximum atomic E-state index is 2.68. The van der Waals surface area contributed by atoms with Crippen LogP contribution in [-0.2, 0) is 27.7 Å². The van der Waals surface area contributed by atoms with Crippen molar-refractivity contribution in [1.82, 2.24) is 0 Å². The second-order valence-corrected chi connectivity index (χ2v) is 22.1. The van der Waals surface area contributed by atoms with E-state index in [1.807, 2.05) is 6.49 Å². The van der Waals surface area contributed by atoms with Crippen molar-refractivity contribution in [2.24, 2.45) is 5.92 Å². The Morgan fingerprint density at radius 1 is 0.848 bits per heavy atom. The largest absolute Gasteiger partial charge is 1.00 e. The molecule has 0 N–H and O–H groups in total. The van der Waals surface area contributed by atoms with Crippen LogP contribution in [-0.4, -0.2) is 11.3 Å². The molecule has 1 unspecified atom stereocenters. The predicted octanol–water partition coefficient (Wildman–Crippen LogP) is 1.37. The van der Waals surface area contributed by atoms with E-state index in [9.17, 15) is 0 Å².